The fraction of sp³-hybridized carbons (Fsp3) is 0.333. The van der Waals surface area contributed by atoms with Gasteiger partial charge in [-0.2, -0.15) is 0 Å². The van der Waals surface area contributed by atoms with Crippen molar-refractivity contribution in [3.8, 4) is 0 Å². The van der Waals surface area contributed by atoms with Gasteiger partial charge in [-0.1, -0.05) is 27.5 Å². The number of rotatable bonds is 5. The number of nitrogens with two attached hydrogens (primary N) is 1. The van der Waals surface area contributed by atoms with Crippen LogP contribution < -0.4 is 5.73 Å². The Labute approximate surface area is 154 Å². The van der Waals surface area contributed by atoms with E-state index in [0.717, 1.165) is 11.3 Å². The fourth-order valence-corrected chi connectivity index (χ4v) is 4.79. The maximum Gasteiger partial charge on any atom is 0.265 e. The lowest BCUT2D eigenvalue weighted by atomic mass is 9.92. The zero-order valence-electron chi connectivity index (χ0n) is 12.4. The topological polar surface area (TPSA) is 72.6 Å². The number of carbonyl (C=O) groups is 2. The van der Waals surface area contributed by atoms with E-state index < -0.39 is 11.4 Å². The maximum atomic E-state index is 14.1. The Morgan fingerprint density at radius 3 is 2.92 bits per heavy atom. The Morgan fingerprint density at radius 1 is 1.54 bits per heavy atom. The molecule has 1 fully saturated rings. The standard InChI is InChI=1S/C15H13BrClFN2O3S/c16-8-3-9(18)11-10(4-8)24-13(12(11)17)14(22)20-5-15(19,6-20)7-23-2-1-21/h1,3-4H,2,5-7,19H2. The average molecular weight is 436 g/mol. The largest absolute Gasteiger partial charge is 0.372 e. The molecule has 0 radical (unpaired) electrons. The fourth-order valence-electron chi connectivity index (χ4n) is 2.65. The Balaban J connectivity index is 1.77. The molecule has 0 unspecified atom stereocenters. The highest BCUT2D eigenvalue weighted by molar-refractivity contribution is 9.10. The summed E-state index contributed by atoms with van der Waals surface area (Å²) in [5.74, 6) is -0.757. The molecule has 1 aliphatic heterocycles. The van der Waals surface area contributed by atoms with Gasteiger partial charge in [0.05, 0.1) is 17.2 Å². The smallest absolute Gasteiger partial charge is 0.265 e. The van der Waals surface area contributed by atoms with Crippen LogP contribution in [0.15, 0.2) is 16.6 Å². The van der Waals surface area contributed by atoms with Crippen LogP contribution in [0.25, 0.3) is 10.1 Å². The van der Waals surface area contributed by atoms with Crippen molar-refractivity contribution in [2.45, 2.75) is 5.54 Å². The molecular formula is C15H13BrClFN2O3S. The molecule has 0 atom stereocenters. The number of ether oxygens (including phenoxy) is 1. The van der Waals surface area contributed by atoms with Gasteiger partial charge in [-0.15, -0.1) is 11.3 Å². The monoisotopic (exact) mass is 434 g/mol. The highest BCUT2D eigenvalue weighted by Gasteiger charge is 2.43. The second-order valence-electron chi connectivity index (χ2n) is 5.71. The summed E-state index contributed by atoms with van der Waals surface area (Å²) in [5.41, 5.74) is 5.41. The molecule has 0 aliphatic carbocycles. The molecule has 2 N–H and O–H groups in total. The molecule has 128 valence electrons. The number of carbonyl (C=O) groups excluding carboxylic acids is 2. The molecule has 0 saturated carbocycles. The van der Waals surface area contributed by atoms with Crippen LogP contribution in [-0.4, -0.2) is 48.9 Å². The minimum absolute atomic E-state index is 0.0246. The third-order valence-electron chi connectivity index (χ3n) is 3.72. The summed E-state index contributed by atoms with van der Waals surface area (Å²) < 4.78 is 20.4. The van der Waals surface area contributed by atoms with E-state index in [-0.39, 0.29) is 29.5 Å². The van der Waals surface area contributed by atoms with Crippen LogP contribution in [0.5, 0.6) is 0 Å². The van der Waals surface area contributed by atoms with Crippen molar-refractivity contribution in [2.24, 2.45) is 5.73 Å². The first kappa shape index (κ1) is 17.8. The summed E-state index contributed by atoms with van der Waals surface area (Å²) in [7, 11) is 0. The molecular weight excluding hydrogens is 423 g/mol. The van der Waals surface area contributed by atoms with Crippen molar-refractivity contribution in [1.82, 2.24) is 4.90 Å². The highest BCUT2D eigenvalue weighted by atomic mass is 79.9. The zero-order valence-corrected chi connectivity index (χ0v) is 15.5. The Hall–Kier alpha value is -1.06. The predicted molar refractivity (Wildman–Crippen MR) is 94.2 cm³/mol. The Bertz CT molecular complexity index is 823. The number of aldehydes is 1. The van der Waals surface area contributed by atoms with E-state index in [4.69, 9.17) is 22.1 Å². The summed E-state index contributed by atoms with van der Waals surface area (Å²) in [6.45, 7) is 0.753. The number of hydrogen-bond acceptors (Lipinski definition) is 5. The zero-order chi connectivity index (χ0) is 17.5. The number of nitrogens with zero attached hydrogens (tertiary/aromatic N) is 1. The van der Waals surface area contributed by atoms with E-state index in [2.05, 4.69) is 15.9 Å². The van der Waals surface area contributed by atoms with Crippen LogP contribution in [0.1, 0.15) is 9.67 Å². The van der Waals surface area contributed by atoms with Crippen molar-refractivity contribution in [1.29, 1.82) is 0 Å². The van der Waals surface area contributed by atoms with Gasteiger partial charge in [0.15, 0.2) is 0 Å². The number of benzene rings is 1. The van der Waals surface area contributed by atoms with Crippen LogP contribution >= 0.6 is 38.9 Å². The van der Waals surface area contributed by atoms with E-state index in [9.17, 15) is 14.0 Å². The van der Waals surface area contributed by atoms with Gasteiger partial charge in [0.2, 0.25) is 0 Å². The summed E-state index contributed by atoms with van der Waals surface area (Å²) in [6, 6.07) is 3.04. The van der Waals surface area contributed by atoms with Gasteiger partial charge < -0.3 is 20.2 Å². The van der Waals surface area contributed by atoms with E-state index >= 15 is 0 Å². The second kappa shape index (κ2) is 6.68. The first-order chi connectivity index (χ1) is 11.3. The van der Waals surface area contributed by atoms with Crippen molar-refractivity contribution < 1.29 is 18.7 Å². The number of halogens is 3. The molecule has 1 aromatic carbocycles. The van der Waals surface area contributed by atoms with Gasteiger partial charge in [0.1, 0.15) is 23.6 Å². The molecule has 2 heterocycles. The first-order valence-corrected chi connectivity index (χ1v) is 9.00. The lowest BCUT2D eigenvalue weighted by Gasteiger charge is -2.47. The molecule has 1 aliphatic rings. The van der Waals surface area contributed by atoms with Crippen LogP contribution in [0, 0.1) is 5.82 Å². The van der Waals surface area contributed by atoms with Gasteiger partial charge in [-0.05, 0) is 12.1 Å². The van der Waals surface area contributed by atoms with Gasteiger partial charge >= 0.3 is 0 Å². The quantitative estimate of drug-likeness (QED) is 0.579. The summed E-state index contributed by atoms with van der Waals surface area (Å²) in [5, 5.41) is 0.374. The van der Waals surface area contributed by atoms with Crippen molar-refractivity contribution >= 4 is 61.1 Å². The van der Waals surface area contributed by atoms with Gasteiger partial charge in [0.25, 0.3) is 5.91 Å². The lowest BCUT2D eigenvalue weighted by Crippen LogP contribution is -2.70. The number of likely N-dealkylation sites (tertiary alicyclic amines) is 1. The van der Waals surface area contributed by atoms with Crippen molar-refractivity contribution in [3.63, 3.8) is 0 Å². The molecule has 0 bridgehead atoms. The Morgan fingerprint density at radius 2 is 2.25 bits per heavy atom. The van der Waals surface area contributed by atoms with E-state index in [1.807, 2.05) is 0 Å². The molecule has 9 heteroatoms. The number of hydrogen-bond donors (Lipinski definition) is 1. The summed E-state index contributed by atoms with van der Waals surface area (Å²) in [6.07, 6.45) is 0.647. The molecule has 1 amide bonds. The third-order valence-corrected chi connectivity index (χ3v) is 5.79. The van der Waals surface area contributed by atoms with Crippen LogP contribution in [0.2, 0.25) is 5.02 Å². The minimum Gasteiger partial charge on any atom is -0.372 e. The lowest BCUT2D eigenvalue weighted by molar-refractivity contribution is -0.113. The molecule has 3 rings (SSSR count). The first-order valence-electron chi connectivity index (χ1n) is 7.01. The van der Waals surface area contributed by atoms with Crippen molar-refractivity contribution in [3.05, 3.63) is 32.3 Å². The van der Waals surface area contributed by atoms with E-state index in [0.29, 0.717) is 33.4 Å². The van der Waals surface area contributed by atoms with Crippen molar-refractivity contribution in [2.75, 3.05) is 26.3 Å². The normalized spacial score (nSPS) is 16.2. The average Bonchev–Trinajstić information content (AvgIpc) is 2.81. The molecule has 24 heavy (non-hydrogen) atoms. The Kier molecular flexibility index (Phi) is 4.94. The molecule has 1 aromatic heterocycles. The van der Waals surface area contributed by atoms with Gasteiger partial charge in [-0.3, -0.25) is 4.79 Å². The maximum absolute atomic E-state index is 14.1. The number of amides is 1. The molecule has 0 spiro atoms. The van der Waals surface area contributed by atoms with Crippen LogP contribution in [0.3, 0.4) is 0 Å². The van der Waals surface area contributed by atoms with Gasteiger partial charge in [0, 0.05) is 27.6 Å². The summed E-state index contributed by atoms with van der Waals surface area (Å²) in [4.78, 5) is 24.7. The minimum atomic E-state index is -0.671. The molecule has 1 saturated heterocycles. The number of fused-ring (bicyclic) bond motifs is 1. The molecule has 2 aromatic rings. The van der Waals surface area contributed by atoms with E-state index in [1.165, 1.54) is 11.0 Å². The van der Waals surface area contributed by atoms with Gasteiger partial charge in [-0.25, -0.2) is 4.39 Å². The second-order valence-corrected chi connectivity index (χ2v) is 8.06. The third kappa shape index (κ3) is 3.21. The highest BCUT2D eigenvalue weighted by Crippen LogP contribution is 2.40. The summed E-state index contributed by atoms with van der Waals surface area (Å²) >= 11 is 10.6. The predicted octanol–water partition coefficient (Wildman–Crippen LogP) is 2.83. The van der Waals surface area contributed by atoms with Crippen LogP contribution in [-0.2, 0) is 9.53 Å². The van der Waals surface area contributed by atoms with E-state index in [1.54, 1.807) is 6.07 Å². The molecule has 5 nitrogen and oxygen atoms in total. The number of thiophene rings is 1. The SMILES string of the molecule is NC1(COCC=O)CN(C(=O)c2sc3cc(Br)cc(F)c3c2Cl)C1. The van der Waals surface area contributed by atoms with Crippen LogP contribution in [0.4, 0.5) is 4.39 Å².